The molecule has 0 spiro atoms. The molecule has 0 aromatic carbocycles. The van der Waals surface area contributed by atoms with Crippen molar-refractivity contribution in [1.82, 2.24) is 0 Å². The molecule has 10 heavy (non-hydrogen) atoms. The predicted octanol–water partition coefficient (Wildman–Crippen LogP) is 2.06. The maximum absolute atomic E-state index is 10.4. The molecule has 0 bridgehead atoms. The van der Waals surface area contributed by atoms with Crippen LogP contribution in [0.5, 0.6) is 0 Å². The molecule has 0 amide bonds. The molecule has 0 saturated carbocycles. The highest BCUT2D eigenvalue weighted by atomic mass is 16.4. The second kappa shape index (κ2) is 5.03. The number of hydrogen-bond acceptors (Lipinski definition) is 1. The standard InChI is InChI=1S/C8H14O2/c1-3-5-7(6-4-2)8(9)10/h3,7H,1,4-6H2,2H3,(H,9,10)/t7-/m1/s1. The summed E-state index contributed by atoms with van der Waals surface area (Å²) in [5.74, 6) is -0.927. The predicted molar refractivity (Wildman–Crippen MR) is 40.8 cm³/mol. The molecule has 1 atom stereocenters. The Morgan fingerprint density at radius 2 is 2.40 bits per heavy atom. The first-order valence-corrected chi connectivity index (χ1v) is 3.56. The number of carboxylic acid groups (broad SMARTS) is 1. The summed E-state index contributed by atoms with van der Waals surface area (Å²) in [4.78, 5) is 10.4. The molecular weight excluding hydrogens is 128 g/mol. The summed E-state index contributed by atoms with van der Waals surface area (Å²) in [5, 5.41) is 8.59. The maximum Gasteiger partial charge on any atom is 0.306 e. The number of aliphatic carboxylic acids is 1. The number of rotatable bonds is 5. The summed E-state index contributed by atoms with van der Waals surface area (Å²) >= 11 is 0. The Labute approximate surface area is 61.6 Å². The minimum absolute atomic E-state index is 0.220. The van der Waals surface area contributed by atoms with Gasteiger partial charge in [-0.15, -0.1) is 6.58 Å². The van der Waals surface area contributed by atoms with Crippen LogP contribution in [0.2, 0.25) is 0 Å². The SMILES string of the molecule is C=CC[C@H](CCC)C(=O)O. The molecule has 0 rings (SSSR count). The third-order valence-corrected chi connectivity index (χ3v) is 1.44. The van der Waals surface area contributed by atoms with Gasteiger partial charge in [-0.1, -0.05) is 19.4 Å². The van der Waals surface area contributed by atoms with Gasteiger partial charge in [0.25, 0.3) is 0 Å². The van der Waals surface area contributed by atoms with Crippen LogP contribution in [0, 0.1) is 5.92 Å². The lowest BCUT2D eigenvalue weighted by Crippen LogP contribution is -2.11. The molecule has 0 aromatic heterocycles. The van der Waals surface area contributed by atoms with E-state index in [9.17, 15) is 4.79 Å². The van der Waals surface area contributed by atoms with E-state index in [4.69, 9.17) is 5.11 Å². The Morgan fingerprint density at radius 3 is 2.70 bits per heavy atom. The summed E-state index contributed by atoms with van der Waals surface area (Å²) in [6, 6.07) is 0. The van der Waals surface area contributed by atoms with Crippen molar-refractivity contribution >= 4 is 5.97 Å². The summed E-state index contributed by atoms with van der Waals surface area (Å²) < 4.78 is 0. The molecule has 2 nitrogen and oxygen atoms in total. The average molecular weight is 142 g/mol. The van der Waals surface area contributed by atoms with Gasteiger partial charge in [0, 0.05) is 0 Å². The van der Waals surface area contributed by atoms with Crippen LogP contribution < -0.4 is 0 Å². The zero-order valence-corrected chi connectivity index (χ0v) is 6.34. The second-order valence-corrected chi connectivity index (χ2v) is 2.35. The lowest BCUT2D eigenvalue weighted by atomic mass is 10.0. The Balaban J connectivity index is 3.71. The minimum Gasteiger partial charge on any atom is -0.481 e. The number of carboxylic acids is 1. The molecular formula is C8H14O2. The second-order valence-electron chi connectivity index (χ2n) is 2.35. The molecule has 0 radical (unpaired) electrons. The quantitative estimate of drug-likeness (QED) is 0.596. The van der Waals surface area contributed by atoms with Gasteiger partial charge in [0.05, 0.1) is 5.92 Å². The van der Waals surface area contributed by atoms with Crippen LogP contribution in [0.15, 0.2) is 12.7 Å². The van der Waals surface area contributed by atoms with Crippen molar-refractivity contribution in [2.45, 2.75) is 26.2 Å². The van der Waals surface area contributed by atoms with E-state index in [1.807, 2.05) is 6.92 Å². The normalized spacial score (nSPS) is 12.5. The highest BCUT2D eigenvalue weighted by Gasteiger charge is 2.13. The average Bonchev–Trinajstić information content (AvgIpc) is 1.87. The molecule has 0 saturated heterocycles. The van der Waals surface area contributed by atoms with Crippen molar-refractivity contribution in [2.75, 3.05) is 0 Å². The van der Waals surface area contributed by atoms with Gasteiger partial charge in [-0.3, -0.25) is 4.79 Å². The van der Waals surface area contributed by atoms with E-state index in [1.165, 1.54) is 0 Å². The van der Waals surface area contributed by atoms with E-state index >= 15 is 0 Å². The third-order valence-electron chi connectivity index (χ3n) is 1.44. The van der Waals surface area contributed by atoms with Crippen LogP contribution in [0.1, 0.15) is 26.2 Å². The number of hydrogen-bond donors (Lipinski definition) is 1. The topological polar surface area (TPSA) is 37.3 Å². The zero-order chi connectivity index (χ0) is 7.98. The Bertz CT molecular complexity index is 118. The van der Waals surface area contributed by atoms with Crippen LogP contribution in [-0.2, 0) is 4.79 Å². The van der Waals surface area contributed by atoms with Gasteiger partial charge in [-0.25, -0.2) is 0 Å². The molecule has 0 heterocycles. The summed E-state index contributed by atoms with van der Waals surface area (Å²) in [6.45, 7) is 5.49. The molecule has 0 aliphatic rings. The zero-order valence-electron chi connectivity index (χ0n) is 6.34. The summed E-state index contributed by atoms with van der Waals surface area (Å²) in [5.41, 5.74) is 0. The molecule has 1 N–H and O–H groups in total. The van der Waals surface area contributed by atoms with E-state index < -0.39 is 5.97 Å². The lowest BCUT2D eigenvalue weighted by molar-refractivity contribution is -0.141. The first kappa shape index (κ1) is 9.21. The molecule has 2 heteroatoms. The Kier molecular flexibility index (Phi) is 4.63. The summed E-state index contributed by atoms with van der Waals surface area (Å²) in [7, 11) is 0. The molecule has 58 valence electrons. The van der Waals surface area contributed by atoms with Gasteiger partial charge in [-0.05, 0) is 12.8 Å². The van der Waals surface area contributed by atoms with Crippen molar-refractivity contribution in [3.63, 3.8) is 0 Å². The van der Waals surface area contributed by atoms with Crippen LogP contribution in [-0.4, -0.2) is 11.1 Å². The first-order chi connectivity index (χ1) is 4.72. The lowest BCUT2D eigenvalue weighted by Gasteiger charge is -2.06. The first-order valence-electron chi connectivity index (χ1n) is 3.56. The van der Waals surface area contributed by atoms with Crippen LogP contribution in [0.3, 0.4) is 0 Å². The highest BCUT2D eigenvalue weighted by molar-refractivity contribution is 5.70. The van der Waals surface area contributed by atoms with Gasteiger partial charge in [0.15, 0.2) is 0 Å². The van der Waals surface area contributed by atoms with Crippen molar-refractivity contribution in [3.05, 3.63) is 12.7 Å². The van der Waals surface area contributed by atoms with E-state index in [0.29, 0.717) is 6.42 Å². The van der Waals surface area contributed by atoms with Crippen molar-refractivity contribution < 1.29 is 9.90 Å². The van der Waals surface area contributed by atoms with Crippen molar-refractivity contribution in [2.24, 2.45) is 5.92 Å². The Hall–Kier alpha value is -0.790. The van der Waals surface area contributed by atoms with Gasteiger partial charge >= 0.3 is 5.97 Å². The fraction of sp³-hybridized carbons (Fsp3) is 0.625. The fourth-order valence-electron chi connectivity index (χ4n) is 0.892. The monoisotopic (exact) mass is 142 g/mol. The molecule has 0 aliphatic heterocycles. The molecule has 0 fully saturated rings. The van der Waals surface area contributed by atoms with Gasteiger partial charge in [0.2, 0.25) is 0 Å². The Morgan fingerprint density at radius 1 is 1.80 bits per heavy atom. The van der Waals surface area contributed by atoms with Gasteiger partial charge in [0.1, 0.15) is 0 Å². The smallest absolute Gasteiger partial charge is 0.306 e. The van der Waals surface area contributed by atoms with Crippen LogP contribution >= 0.6 is 0 Å². The fourth-order valence-corrected chi connectivity index (χ4v) is 0.892. The maximum atomic E-state index is 10.4. The molecule has 0 aromatic rings. The highest BCUT2D eigenvalue weighted by Crippen LogP contribution is 2.10. The number of carbonyl (C=O) groups is 1. The van der Waals surface area contributed by atoms with E-state index in [1.54, 1.807) is 6.08 Å². The minimum atomic E-state index is -0.707. The third kappa shape index (κ3) is 3.28. The van der Waals surface area contributed by atoms with Crippen molar-refractivity contribution in [1.29, 1.82) is 0 Å². The van der Waals surface area contributed by atoms with Crippen molar-refractivity contribution in [3.8, 4) is 0 Å². The van der Waals surface area contributed by atoms with Gasteiger partial charge < -0.3 is 5.11 Å². The summed E-state index contributed by atoms with van der Waals surface area (Å²) in [6.07, 6.45) is 3.92. The van der Waals surface area contributed by atoms with Gasteiger partial charge in [-0.2, -0.15) is 0 Å². The number of allylic oxidation sites excluding steroid dienone is 1. The van der Waals surface area contributed by atoms with E-state index in [2.05, 4.69) is 6.58 Å². The van der Waals surface area contributed by atoms with E-state index in [-0.39, 0.29) is 5.92 Å². The van der Waals surface area contributed by atoms with Crippen LogP contribution in [0.25, 0.3) is 0 Å². The van der Waals surface area contributed by atoms with Crippen LogP contribution in [0.4, 0.5) is 0 Å². The van der Waals surface area contributed by atoms with E-state index in [0.717, 1.165) is 12.8 Å². The largest absolute Gasteiger partial charge is 0.481 e. The molecule has 0 unspecified atom stereocenters. The molecule has 0 aliphatic carbocycles.